The molecule has 2 heterocycles. The Morgan fingerprint density at radius 2 is 1.71 bits per heavy atom. The van der Waals surface area contributed by atoms with E-state index in [0.717, 1.165) is 25.9 Å². The number of rotatable bonds is 1. The van der Waals surface area contributed by atoms with E-state index in [0.29, 0.717) is 5.69 Å². The van der Waals surface area contributed by atoms with Gasteiger partial charge in [-0.1, -0.05) is 25.3 Å². The summed E-state index contributed by atoms with van der Waals surface area (Å²) in [6.07, 6.45) is 5.76. The standard InChI is InChI=1S/C13H18N2O2/c16-12-8-6-7-11(14-12)13(17)15-9-4-2-1-3-5-10-15/h6-8H,1-5,9-10H2,(H,14,16). The van der Waals surface area contributed by atoms with E-state index in [1.54, 1.807) is 12.1 Å². The average molecular weight is 234 g/mol. The van der Waals surface area contributed by atoms with Crippen molar-refractivity contribution in [3.8, 4) is 0 Å². The molecule has 4 nitrogen and oxygen atoms in total. The molecule has 4 heteroatoms. The monoisotopic (exact) mass is 234 g/mol. The van der Waals surface area contributed by atoms with Gasteiger partial charge in [0.1, 0.15) is 5.69 Å². The highest BCUT2D eigenvalue weighted by Crippen LogP contribution is 2.12. The van der Waals surface area contributed by atoms with Crippen LogP contribution < -0.4 is 5.56 Å². The number of hydrogen-bond donors (Lipinski definition) is 1. The number of nitrogens with one attached hydrogen (secondary N) is 1. The van der Waals surface area contributed by atoms with Gasteiger partial charge in [-0.2, -0.15) is 0 Å². The first-order chi connectivity index (χ1) is 8.27. The molecule has 0 aliphatic carbocycles. The van der Waals surface area contributed by atoms with Crippen LogP contribution in [0.25, 0.3) is 0 Å². The minimum absolute atomic E-state index is 0.0513. The predicted octanol–water partition coefficient (Wildman–Crippen LogP) is 1.78. The molecule has 1 fully saturated rings. The Morgan fingerprint density at radius 3 is 2.35 bits per heavy atom. The topological polar surface area (TPSA) is 53.2 Å². The second-order valence-corrected chi connectivity index (χ2v) is 4.49. The Labute approximate surface area is 101 Å². The molecule has 0 unspecified atom stereocenters. The van der Waals surface area contributed by atoms with Crippen LogP contribution in [0, 0.1) is 0 Å². The van der Waals surface area contributed by atoms with Crippen molar-refractivity contribution < 1.29 is 4.79 Å². The van der Waals surface area contributed by atoms with Gasteiger partial charge in [-0.25, -0.2) is 0 Å². The van der Waals surface area contributed by atoms with Gasteiger partial charge < -0.3 is 9.88 Å². The first-order valence-corrected chi connectivity index (χ1v) is 6.26. The molecule has 1 aromatic rings. The Kier molecular flexibility index (Phi) is 3.96. The minimum atomic E-state index is -0.220. The summed E-state index contributed by atoms with van der Waals surface area (Å²) in [5.41, 5.74) is 0.181. The molecule has 0 spiro atoms. The summed E-state index contributed by atoms with van der Waals surface area (Å²) in [5, 5.41) is 0. The van der Waals surface area contributed by atoms with E-state index in [1.165, 1.54) is 25.3 Å². The molecule has 1 saturated heterocycles. The lowest BCUT2D eigenvalue weighted by molar-refractivity contribution is 0.0736. The molecule has 1 amide bonds. The molecule has 0 atom stereocenters. The van der Waals surface area contributed by atoms with E-state index in [4.69, 9.17) is 0 Å². The number of hydrogen-bond acceptors (Lipinski definition) is 2. The summed E-state index contributed by atoms with van der Waals surface area (Å²) in [4.78, 5) is 27.8. The number of carbonyl (C=O) groups excluding carboxylic acids is 1. The zero-order valence-electron chi connectivity index (χ0n) is 9.95. The third-order valence-corrected chi connectivity index (χ3v) is 3.14. The van der Waals surface area contributed by atoms with Crippen molar-refractivity contribution in [3.63, 3.8) is 0 Å². The van der Waals surface area contributed by atoms with Crippen molar-refractivity contribution in [1.82, 2.24) is 9.88 Å². The molecule has 17 heavy (non-hydrogen) atoms. The zero-order valence-corrected chi connectivity index (χ0v) is 9.95. The minimum Gasteiger partial charge on any atom is -0.337 e. The largest absolute Gasteiger partial charge is 0.337 e. The fourth-order valence-electron chi connectivity index (χ4n) is 2.19. The molecule has 0 radical (unpaired) electrons. The van der Waals surface area contributed by atoms with E-state index >= 15 is 0 Å². The highest BCUT2D eigenvalue weighted by molar-refractivity contribution is 5.92. The average Bonchev–Trinajstić information content (AvgIpc) is 2.28. The van der Waals surface area contributed by atoms with E-state index in [9.17, 15) is 9.59 Å². The van der Waals surface area contributed by atoms with Crippen LogP contribution >= 0.6 is 0 Å². The molecule has 1 N–H and O–H groups in total. The van der Waals surface area contributed by atoms with Gasteiger partial charge in [0.25, 0.3) is 5.91 Å². The summed E-state index contributed by atoms with van der Waals surface area (Å²) < 4.78 is 0. The Morgan fingerprint density at radius 1 is 1.06 bits per heavy atom. The fraction of sp³-hybridized carbons (Fsp3) is 0.538. The number of carbonyl (C=O) groups is 1. The Hall–Kier alpha value is -1.58. The lowest BCUT2D eigenvalue weighted by atomic mass is 10.1. The van der Waals surface area contributed by atoms with E-state index in [1.807, 2.05) is 4.90 Å². The van der Waals surface area contributed by atoms with Gasteiger partial charge in [0.05, 0.1) is 0 Å². The molecule has 1 aliphatic rings. The summed E-state index contributed by atoms with van der Waals surface area (Å²) >= 11 is 0. The SMILES string of the molecule is O=C(c1cccc(=O)[nH]1)N1CCCCCCC1. The van der Waals surface area contributed by atoms with Crippen molar-refractivity contribution in [3.05, 3.63) is 34.2 Å². The van der Waals surface area contributed by atoms with Crippen LogP contribution in [0.4, 0.5) is 0 Å². The van der Waals surface area contributed by atoms with Crippen molar-refractivity contribution >= 4 is 5.91 Å². The summed E-state index contributed by atoms with van der Waals surface area (Å²) in [7, 11) is 0. The van der Waals surface area contributed by atoms with E-state index in [2.05, 4.69) is 4.98 Å². The van der Waals surface area contributed by atoms with Crippen LogP contribution in [0.15, 0.2) is 23.0 Å². The van der Waals surface area contributed by atoms with E-state index in [-0.39, 0.29) is 11.5 Å². The smallest absolute Gasteiger partial charge is 0.270 e. The Balaban J connectivity index is 2.09. The Bertz CT molecular complexity index is 431. The maximum absolute atomic E-state index is 12.2. The molecule has 92 valence electrons. The maximum Gasteiger partial charge on any atom is 0.270 e. The first-order valence-electron chi connectivity index (χ1n) is 6.26. The third kappa shape index (κ3) is 3.19. The second-order valence-electron chi connectivity index (χ2n) is 4.49. The molecule has 1 aromatic heterocycles. The summed E-state index contributed by atoms with van der Waals surface area (Å²) in [5.74, 6) is -0.0513. The molecular formula is C13H18N2O2. The molecule has 0 bridgehead atoms. The fourth-order valence-corrected chi connectivity index (χ4v) is 2.19. The van der Waals surface area contributed by atoms with Gasteiger partial charge >= 0.3 is 0 Å². The normalized spacial score (nSPS) is 17.3. The van der Waals surface area contributed by atoms with Gasteiger partial charge in [-0.3, -0.25) is 9.59 Å². The van der Waals surface area contributed by atoms with Crippen LogP contribution in [0.5, 0.6) is 0 Å². The number of pyridine rings is 1. The lowest BCUT2D eigenvalue weighted by Gasteiger charge is -2.24. The van der Waals surface area contributed by atoms with Crippen molar-refractivity contribution in [2.24, 2.45) is 0 Å². The van der Waals surface area contributed by atoms with Crippen LogP contribution in [-0.2, 0) is 0 Å². The number of H-pyrrole nitrogens is 1. The summed E-state index contributed by atoms with van der Waals surface area (Å²) in [6, 6.07) is 4.71. The quantitative estimate of drug-likeness (QED) is 0.805. The zero-order chi connectivity index (χ0) is 12.1. The van der Waals surface area contributed by atoms with Gasteiger partial charge in [0.15, 0.2) is 0 Å². The van der Waals surface area contributed by atoms with Crippen molar-refractivity contribution in [2.75, 3.05) is 13.1 Å². The van der Waals surface area contributed by atoms with Gasteiger partial charge in [-0.05, 0) is 18.9 Å². The first kappa shape index (κ1) is 11.9. The number of nitrogens with zero attached hydrogens (tertiary/aromatic N) is 1. The van der Waals surface area contributed by atoms with Crippen molar-refractivity contribution in [1.29, 1.82) is 0 Å². The highest BCUT2D eigenvalue weighted by Gasteiger charge is 2.16. The lowest BCUT2D eigenvalue weighted by Crippen LogP contribution is -2.35. The molecule has 2 rings (SSSR count). The van der Waals surface area contributed by atoms with E-state index < -0.39 is 0 Å². The molecule has 1 aliphatic heterocycles. The van der Waals surface area contributed by atoms with Crippen LogP contribution in [-0.4, -0.2) is 28.9 Å². The van der Waals surface area contributed by atoms with Crippen LogP contribution in [0.3, 0.4) is 0 Å². The van der Waals surface area contributed by atoms with Gasteiger partial charge in [0.2, 0.25) is 5.56 Å². The van der Waals surface area contributed by atoms with Crippen LogP contribution in [0.1, 0.15) is 42.6 Å². The number of aromatic amines is 1. The number of amides is 1. The number of likely N-dealkylation sites (tertiary alicyclic amines) is 1. The maximum atomic E-state index is 12.2. The third-order valence-electron chi connectivity index (χ3n) is 3.14. The van der Waals surface area contributed by atoms with Crippen molar-refractivity contribution in [2.45, 2.75) is 32.1 Å². The number of aromatic nitrogens is 1. The summed E-state index contributed by atoms with van der Waals surface area (Å²) in [6.45, 7) is 1.60. The van der Waals surface area contributed by atoms with Gasteiger partial charge in [0, 0.05) is 19.2 Å². The van der Waals surface area contributed by atoms with Gasteiger partial charge in [-0.15, -0.1) is 0 Å². The molecule has 0 aromatic carbocycles. The predicted molar refractivity (Wildman–Crippen MR) is 66.1 cm³/mol. The van der Waals surface area contributed by atoms with Crippen LogP contribution in [0.2, 0.25) is 0 Å². The molecule has 0 saturated carbocycles. The highest BCUT2D eigenvalue weighted by atomic mass is 16.2. The molecular weight excluding hydrogens is 216 g/mol. The second kappa shape index (κ2) is 5.66.